The Morgan fingerprint density at radius 2 is 2.10 bits per heavy atom. The highest BCUT2D eigenvalue weighted by atomic mass is 32.2. The Hall–Kier alpha value is -1.80. The number of hydrogen-bond donors (Lipinski definition) is 2. The van der Waals surface area contributed by atoms with Crippen molar-refractivity contribution >= 4 is 21.7 Å². The first-order chi connectivity index (χ1) is 9.94. The number of nitrogens with one attached hydrogen (secondary N) is 1. The lowest BCUT2D eigenvalue weighted by molar-refractivity contribution is 0.114. The van der Waals surface area contributed by atoms with Crippen molar-refractivity contribution in [3.63, 3.8) is 0 Å². The van der Waals surface area contributed by atoms with Crippen LogP contribution in [0.5, 0.6) is 5.75 Å². The lowest BCUT2D eigenvalue weighted by Crippen LogP contribution is -2.36. The van der Waals surface area contributed by atoms with Crippen molar-refractivity contribution in [2.45, 2.75) is 18.9 Å². The van der Waals surface area contributed by atoms with E-state index in [2.05, 4.69) is 21.1 Å². The number of likely N-dealkylation sites (tertiary alicyclic amines) is 1. The van der Waals surface area contributed by atoms with E-state index in [4.69, 9.17) is 10.5 Å². The van der Waals surface area contributed by atoms with Gasteiger partial charge in [0.25, 0.3) is 0 Å². The molecule has 21 heavy (non-hydrogen) atoms. The van der Waals surface area contributed by atoms with Crippen molar-refractivity contribution in [3.05, 3.63) is 23.8 Å². The van der Waals surface area contributed by atoms with E-state index >= 15 is 0 Å². The molecule has 8 heteroatoms. The number of benzene rings is 1. The number of amidine groups is 1. The molecule has 0 radical (unpaired) electrons. The first-order valence-electron chi connectivity index (χ1n) is 6.81. The molecule has 0 aromatic heterocycles. The van der Waals surface area contributed by atoms with Crippen LogP contribution >= 0.6 is 0 Å². The molecule has 0 amide bonds. The fraction of sp³-hybridized carbons (Fsp3) is 0.462. The Balaban J connectivity index is 1.88. The number of nitrogens with two attached hydrogens (primary N) is 1. The van der Waals surface area contributed by atoms with Gasteiger partial charge < -0.3 is 15.4 Å². The number of nitrogens with zero attached hydrogens (tertiary/aromatic N) is 2. The van der Waals surface area contributed by atoms with E-state index < -0.39 is 10.2 Å². The zero-order chi connectivity index (χ0) is 15.0. The molecule has 114 valence electrons. The Labute approximate surface area is 124 Å². The summed E-state index contributed by atoms with van der Waals surface area (Å²) in [7, 11) is -1.67. The molecule has 1 aromatic rings. The summed E-state index contributed by atoms with van der Waals surface area (Å²) in [4.78, 5) is 2.25. The maximum atomic E-state index is 11.5. The summed E-state index contributed by atoms with van der Waals surface area (Å²) in [6.07, 6.45) is 1.98. The third-order valence-electron chi connectivity index (χ3n) is 3.70. The maximum absolute atomic E-state index is 11.5. The van der Waals surface area contributed by atoms with Gasteiger partial charge >= 0.3 is 10.2 Å². The summed E-state index contributed by atoms with van der Waals surface area (Å²) in [5.74, 6) is 0.540. The molecule has 0 spiro atoms. The smallest absolute Gasteiger partial charge is 0.344 e. The number of rotatable bonds is 2. The van der Waals surface area contributed by atoms with Crippen LogP contribution in [-0.2, 0) is 10.2 Å². The molecular formula is C13H18N4O3S. The quantitative estimate of drug-likeness (QED) is 0.831. The first kappa shape index (κ1) is 14.2. The highest BCUT2D eigenvalue weighted by molar-refractivity contribution is 7.91. The van der Waals surface area contributed by atoms with Gasteiger partial charge in [0, 0.05) is 13.1 Å². The molecule has 1 saturated heterocycles. The molecule has 2 aliphatic rings. The second-order valence-corrected chi connectivity index (χ2v) is 6.69. The maximum Gasteiger partial charge on any atom is 0.344 e. The summed E-state index contributed by atoms with van der Waals surface area (Å²) in [6.45, 7) is 1.96. The fourth-order valence-electron chi connectivity index (χ4n) is 2.60. The highest BCUT2D eigenvalue weighted by Gasteiger charge is 2.26. The van der Waals surface area contributed by atoms with Crippen molar-refractivity contribution in [1.29, 1.82) is 0 Å². The van der Waals surface area contributed by atoms with Crippen LogP contribution in [0.15, 0.2) is 22.6 Å². The Morgan fingerprint density at radius 1 is 1.38 bits per heavy atom. The number of anilines is 1. The Morgan fingerprint density at radius 3 is 2.81 bits per heavy atom. The summed E-state index contributed by atoms with van der Waals surface area (Å²) in [6, 6.07) is 5.18. The fourth-order valence-corrected chi connectivity index (χ4v) is 3.44. The third kappa shape index (κ3) is 2.96. The predicted molar refractivity (Wildman–Crippen MR) is 80.9 cm³/mol. The van der Waals surface area contributed by atoms with Crippen LogP contribution in [-0.4, -0.2) is 45.4 Å². The predicted octanol–water partition coefficient (Wildman–Crippen LogP) is 0.535. The monoisotopic (exact) mass is 310 g/mol. The van der Waals surface area contributed by atoms with Gasteiger partial charge in [0.1, 0.15) is 11.9 Å². The van der Waals surface area contributed by atoms with E-state index in [1.165, 1.54) is 0 Å². The number of ether oxygens (including phenoxy) is 1. The number of hydrogen-bond acceptors (Lipinski definition) is 5. The average Bonchev–Trinajstić information content (AvgIpc) is 2.39. The van der Waals surface area contributed by atoms with E-state index in [9.17, 15) is 8.42 Å². The zero-order valence-corrected chi connectivity index (χ0v) is 12.6. The average molecular weight is 310 g/mol. The van der Waals surface area contributed by atoms with E-state index in [0.717, 1.165) is 25.9 Å². The lowest BCUT2D eigenvalue weighted by atomic mass is 10.1. The molecule has 0 saturated carbocycles. The molecule has 0 unspecified atom stereocenters. The minimum absolute atomic E-state index is 0.0349. The summed E-state index contributed by atoms with van der Waals surface area (Å²) in [5, 5.41) is 0. The molecule has 0 atom stereocenters. The van der Waals surface area contributed by atoms with Gasteiger partial charge in [-0.25, -0.2) is 0 Å². The van der Waals surface area contributed by atoms with Crippen LogP contribution in [0.25, 0.3) is 0 Å². The molecule has 1 aromatic carbocycles. The van der Waals surface area contributed by atoms with Gasteiger partial charge in [0.2, 0.25) is 0 Å². The van der Waals surface area contributed by atoms with Crippen LogP contribution in [0.1, 0.15) is 18.4 Å². The van der Waals surface area contributed by atoms with Gasteiger partial charge in [-0.2, -0.15) is 8.42 Å². The Bertz CT molecular complexity index is 679. The molecule has 2 heterocycles. The van der Waals surface area contributed by atoms with Crippen molar-refractivity contribution in [2.75, 3.05) is 24.9 Å². The van der Waals surface area contributed by atoms with Gasteiger partial charge in [-0.05, 0) is 32.0 Å². The third-order valence-corrected chi connectivity index (χ3v) is 4.61. The topological polar surface area (TPSA) is 97.0 Å². The highest BCUT2D eigenvalue weighted by Crippen LogP contribution is 2.32. The number of piperidine rings is 1. The van der Waals surface area contributed by atoms with Crippen LogP contribution < -0.4 is 15.2 Å². The van der Waals surface area contributed by atoms with Crippen LogP contribution in [0.2, 0.25) is 0 Å². The lowest BCUT2D eigenvalue weighted by Gasteiger charge is -2.30. The molecule has 3 rings (SSSR count). The molecule has 0 aliphatic carbocycles. The summed E-state index contributed by atoms with van der Waals surface area (Å²) in [5.41, 5.74) is 6.72. The van der Waals surface area contributed by atoms with E-state index in [0.29, 0.717) is 17.0 Å². The minimum atomic E-state index is -3.75. The van der Waals surface area contributed by atoms with Crippen molar-refractivity contribution < 1.29 is 13.2 Å². The summed E-state index contributed by atoms with van der Waals surface area (Å²) >= 11 is 0. The standard InChI is InChI=1S/C13H18N4O3S/c1-17-7-5-9(6-8-17)20-11-4-2-3-10-12(11)13(14)16-21(18,19)15-10/h2-4,9,15H,5-8H2,1H3,(H2,14,16). The van der Waals surface area contributed by atoms with Gasteiger partial charge in [-0.15, -0.1) is 4.40 Å². The van der Waals surface area contributed by atoms with Gasteiger partial charge in [0.05, 0.1) is 11.3 Å². The van der Waals surface area contributed by atoms with Gasteiger partial charge in [-0.1, -0.05) is 6.07 Å². The zero-order valence-electron chi connectivity index (χ0n) is 11.7. The largest absolute Gasteiger partial charge is 0.489 e. The second kappa shape index (κ2) is 5.19. The molecular weight excluding hydrogens is 292 g/mol. The molecule has 2 aliphatic heterocycles. The normalized spacial score (nSPS) is 22.0. The van der Waals surface area contributed by atoms with Crippen molar-refractivity contribution in [3.8, 4) is 5.75 Å². The SMILES string of the molecule is CN1CCC(Oc2cccc3c2C(N)=NS(=O)(=O)N3)CC1. The second-order valence-electron chi connectivity index (χ2n) is 5.35. The van der Waals surface area contributed by atoms with E-state index in [1.54, 1.807) is 18.2 Å². The van der Waals surface area contributed by atoms with Crippen LogP contribution in [0.4, 0.5) is 5.69 Å². The minimum Gasteiger partial charge on any atom is -0.489 e. The first-order valence-corrected chi connectivity index (χ1v) is 8.25. The van der Waals surface area contributed by atoms with Crippen molar-refractivity contribution in [1.82, 2.24) is 4.90 Å². The van der Waals surface area contributed by atoms with Gasteiger partial charge in [0.15, 0.2) is 5.84 Å². The summed E-state index contributed by atoms with van der Waals surface area (Å²) < 4.78 is 34.9. The molecule has 0 bridgehead atoms. The van der Waals surface area contributed by atoms with E-state index in [1.807, 2.05) is 0 Å². The van der Waals surface area contributed by atoms with Crippen LogP contribution in [0.3, 0.4) is 0 Å². The molecule has 7 nitrogen and oxygen atoms in total. The van der Waals surface area contributed by atoms with Crippen LogP contribution in [0, 0.1) is 0 Å². The van der Waals surface area contributed by atoms with Crippen molar-refractivity contribution in [2.24, 2.45) is 10.1 Å². The van der Waals surface area contributed by atoms with Gasteiger partial charge in [-0.3, -0.25) is 4.72 Å². The molecule has 1 fully saturated rings. The van der Waals surface area contributed by atoms with E-state index in [-0.39, 0.29) is 11.9 Å². The number of fused-ring (bicyclic) bond motifs is 1. The molecule has 3 N–H and O–H groups in total. The Kier molecular flexibility index (Phi) is 3.50.